The van der Waals surface area contributed by atoms with Gasteiger partial charge in [-0.1, -0.05) is 23.8 Å². The Morgan fingerprint density at radius 2 is 2.21 bits per heavy atom. The van der Waals surface area contributed by atoms with Crippen LogP contribution in [0.4, 0.5) is 0 Å². The molecule has 0 aliphatic carbocycles. The molecule has 0 saturated carbocycles. The molecule has 1 heterocycles. The standard InChI is InChI=1S/C12H14N2/c1-9-4-3-5-11(8-9)12-6-7-13-10(2)14-12/h3-8,10,14H,1-2H3. The molecule has 1 aliphatic rings. The number of benzene rings is 1. The van der Waals surface area contributed by atoms with Crippen LogP contribution in [0.3, 0.4) is 0 Å². The molecule has 1 aromatic rings. The van der Waals surface area contributed by atoms with Gasteiger partial charge in [0.1, 0.15) is 6.17 Å². The van der Waals surface area contributed by atoms with E-state index < -0.39 is 0 Å². The van der Waals surface area contributed by atoms with Crippen molar-refractivity contribution in [2.75, 3.05) is 0 Å². The predicted molar refractivity (Wildman–Crippen MR) is 60.2 cm³/mol. The number of aliphatic imine (C=N–C) groups is 1. The largest absolute Gasteiger partial charge is 0.363 e. The highest BCUT2D eigenvalue weighted by atomic mass is 15.1. The summed E-state index contributed by atoms with van der Waals surface area (Å²) in [7, 11) is 0. The Morgan fingerprint density at radius 1 is 1.36 bits per heavy atom. The summed E-state index contributed by atoms with van der Waals surface area (Å²) < 4.78 is 0. The van der Waals surface area contributed by atoms with Crippen molar-refractivity contribution < 1.29 is 0 Å². The number of hydrogen-bond donors (Lipinski definition) is 1. The fourth-order valence-electron chi connectivity index (χ4n) is 1.55. The zero-order valence-electron chi connectivity index (χ0n) is 8.49. The molecule has 0 fully saturated rings. The van der Waals surface area contributed by atoms with Crippen LogP contribution >= 0.6 is 0 Å². The van der Waals surface area contributed by atoms with Gasteiger partial charge in [0.05, 0.1) is 0 Å². The topological polar surface area (TPSA) is 24.4 Å². The van der Waals surface area contributed by atoms with Gasteiger partial charge in [-0.15, -0.1) is 0 Å². The van der Waals surface area contributed by atoms with Gasteiger partial charge in [0.15, 0.2) is 0 Å². The Balaban J connectivity index is 2.31. The van der Waals surface area contributed by atoms with Gasteiger partial charge < -0.3 is 5.32 Å². The fourth-order valence-corrected chi connectivity index (χ4v) is 1.55. The van der Waals surface area contributed by atoms with Crippen molar-refractivity contribution >= 4 is 11.9 Å². The lowest BCUT2D eigenvalue weighted by atomic mass is 10.1. The molecule has 2 nitrogen and oxygen atoms in total. The molecule has 14 heavy (non-hydrogen) atoms. The maximum atomic E-state index is 4.22. The van der Waals surface area contributed by atoms with E-state index in [2.05, 4.69) is 41.5 Å². The number of hydrogen-bond acceptors (Lipinski definition) is 2. The normalized spacial score (nSPS) is 20.1. The first-order valence-corrected chi connectivity index (χ1v) is 4.83. The van der Waals surface area contributed by atoms with E-state index in [9.17, 15) is 0 Å². The van der Waals surface area contributed by atoms with Crippen molar-refractivity contribution in [1.29, 1.82) is 0 Å². The van der Waals surface area contributed by atoms with Gasteiger partial charge in [-0.3, -0.25) is 4.99 Å². The SMILES string of the molecule is Cc1cccc(C2=CC=NC(C)N2)c1. The van der Waals surface area contributed by atoms with Gasteiger partial charge >= 0.3 is 0 Å². The second kappa shape index (κ2) is 3.66. The van der Waals surface area contributed by atoms with E-state index in [0.29, 0.717) is 0 Å². The minimum atomic E-state index is 0.176. The summed E-state index contributed by atoms with van der Waals surface area (Å²) in [5, 5.41) is 3.32. The highest BCUT2D eigenvalue weighted by Gasteiger charge is 2.06. The summed E-state index contributed by atoms with van der Waals surface area (Å²) in [6.07, 6.45) is 4.05. The van der Waals surface area contributed by atoms with Crippen molar-refractivity contribution in [1.82, 2.24) is 5.32 Å². The number of nitrogens with zero attached hydrogens (tertiary/aromatic N) is 1. The lowest BCUT2D eigenvalue weighted by molar-refractivity contribution is 0.684. The molecule has 2 heteroatoms. The van der Waals surface area contributed by atoms with Crippen molar-refractivity contribution in [2.45, 2.75) is 20.0 Å². The quantitative estimate of drug-likeness (QED) is 0.715. The van der Waals surface area contributed by atoms with Gasteiger partial charge in [-0.2, -0.15) is 0 Å². The van der Waals surface area contributed by atoms with Gasteiger partial charge in [0.25, 0.3) is 0 Å². The molecular formula is C12H14N2. The Kier molecular flexibility index (Phi) is 2.35. The Bertz CT molecular complexity index is 391. The number of rotatable bonds is 1. The van der Waals surface area contributed by atoms with Crippen molar-refractivity contribution in [3.8, 4) is 0 Å². The van der Waals surface area contributed by atoms with Crippen LogP contribution < -0.4 is 5.32 Å². The molecule has 1 aromatic carbocycles. The molecule has 0 saturated heterocycles. The molecule has 0 radical (unpaired) electrons. The molecule has 0 aromatic heterocycles. The Labute approximate surface area is 84.4 Å². The van der Waals surface area contributed by atoms with E-state index in [-0.39, 0.29) is 6.17 Å². The van der Waals surface area contributed by atoms with Crippen molar-refractivity contribution in [2.24, 2.45) is 4.99 Å². The summed E-state index contributed by atoms with van der Waals surface area (Å²) in [4.78, 5) is 4.22. The smallest absolute Gasteiger partial charge is 0.115 e. The van der Waals surface area contributed by atoms with Gasteiger partial charge in [-0.25, -0.2) is 0 Å². The third-order valence-electron chi connectivity index (χ3n) is 2.24. The maximum absolute atomic E-state index is 4.22. The van der Waals surface area contributed by atoms with Crippen LogP contribution in [-0.2, 0) is 0 Å². The highest BCUT2D eigenvalue weighted by Crippen LogP contribution is 2.15. The molecule has 0 spiro atoms. The second-order valence-electron chi connectivity index (χ2n) is 3.57. The predicted octanol–water partition coefficient (Wildman–Crippen LogP) is 2.36. The van der Waals surface area contributed by atoms with Crippen LogP contribution in [0.25, 0.3) is 5.70 Å². The van der Waals surface area contributed by atoms with Crippen molar-refractivity contribution in [3.63, 3.8) is 0 Å². The average molecular weight is 186 g/mol. The van der Waals surface area contributed by atoms with Crippen LogP contribution in [0.15, 0.2) is 35.3 Å². The zero-order chi connectivity index (χ0) is 9.97. The Morgan fingerprint density at radius 3 is 2.93 bits per heavy atom. The molecule has 1 unspecified atom stereocenters. The third kappa shape index (κ3) is 1.84. The lowest BCUT2D eigenvalue weighted by Crippen LogP contribution is -2.25. The van der Waals surface area contributed by atoms with E-state index in [1.54, 1.807) is 0 Å². The van der Waals surface area contributed by atoms with E-state index in [4.69, 9.17) is 0 Å². The van der Waals surface area contributed by atoms with Crippen LogP contribution in [0.2, 0.25) is 0 Å². The minimum absolute atomic E-state index is 0.176. The number of nitrogens with one attached hydrogen (secondary N) is 1. The molecule has 1 atom stereocenters. The monoisotopic (exact) mass is 186 g/mol. The van der Waals surface area contributed by atoms with Gasteiger partial charge in [-0.05, 0) is 31.6 Å². The van der Waals surface area contributed by atoms with E-state index in [1.165, 1.54) is 11.1 Å². The number of allylic oxidation sites excluding steroid dienone is 1. The average Bonchev–Trinajstić information content (AvgIpc) is 2.18. The fraction of sp³-hybridized carbons (Fsp3) is 0.250. The van der Waals surface area contributed by atoms with Crippen LogP contribution in [0.1, 0.15) is 18.1 Å². The molecule has 1 aliphatic heterocycles. The summed E-state index contributed by atoms with van der Waals surface area (Å²) in [5.41, 5.74) is 3.65. The van der Waals surface area contributed by atoms with E-state index >= 15 is 0 Å². The first-order chi connectivity index (χ1) is 6.75. The maximum Gasteiger partial charge on any atom is 0.115 e. The Hall–Kier alpha value is -1.57. The summed E-state index contributed by atoms with van der Waals surface area (Å²) in [6, 6.07) is 8.45. The van der Waals surface area contributed by atoms with E-state index in [0.717, 1.165) is 5.70 Å². The third-order valence-corrected chi connectivity index (χ3v) is 2.24. The second-order valence-corrected chi connectivity index (χ2v) is 3.57. The van der Waals surface area contributed by atoms with Crippen LogP contribution in [0.5, 0.6) is 0 Å². The highest BCUT2D eigenvalue weighted by molar-refractivity contribution is 5.85. The summed E-state index contributed by atoms with van der Waals surface area (Å²) in [5.74, 6) is 0. The molecule has 0 amide bonds. The molecule has 0 bridgehead atoms. The lowest BCUT2D eigenvalue weighted by Gasteiger charge is -2.17. The first kappa shape index (κ1) is 9.00. The minimum Gasteiger partial charge on any atom is -0.363 e. The van der Waals surface area contributed by atoms with Crippen molar-refractivity contribution in [3.05, 3.63) is 41.5 Å². The summed E-state index contributed by atoms with van der Waals surface area (Å²) in [6.45, 7) is 4.14. The zero-order valence-corrected chi connectivity index (χ0v) is 8.49. The first-order valence-electron chi connectivity index (χ1n) is 4.83. The van der Waals surface area contributed by atoms with Crippen LogP contribution in [0, 0.1) is 6.92 Å². The van der Waals surface area contributed by atoms with Crippen LogP contribution in [-0.4, -0.2) is 12.4 Å². The molecule has 2 rings (SSSR count). The molecule has 72 valence electrons. The summed E-state index contributed by atoms with van der Waals surface area (Å²) >= 11 is 0. The molecular weight excluding hydrogens is 172 g/mol. The number of aryl methyl sites for hydroxylation is 1. The molecule has 1 N–H and O–H groups in total. The van der Waals surface area contributed by atoms with Gasteiger partial charge in [0, 0.05) is 11.9 Å². The van der Waals surface area contributed by atoms with Gasteiger partial charge in [0.2, 0.25) is 0 Å². The van der Waals surface area contributed by atoms with E-state index in [1.807, 2.05) is 19.2 Å².